The Labute approximate surface area is 85.5 Å². The van der Waals surface area contributed by atoms with Crippen molar-refractivity contribution in [3.63, 3.8) is 0 Å². The van der Waals surface area contributed by atoms with Crippen molar-refractivity contribution in [2.45, 2.75) is 27.2 Å². The standard InChI is InChI=1S/C10H20N4/c1-8(2)10(3,7-11)5-9-6-14(4)13-12-9/h6,8H,5,7,11H2,1-4H3. The number of hydrogen-bond acceptors (Lipinski definition) is 3. The van der Waals surface area contributed by atoms with Crippen LogP contribution in [-0.2, 0) is 13.5 Å². The van der Waals surface area contributed by atoms with Crippen LogP contribution in [0, 0.1) is 11.3 Å². The Morgan fingerprint density at radius 3 is 2.57 bits per heavy atom. The van der Waals surface area contributed by atoms with Gasteiger partial charge in [0.05, 0.1) is 5.69 Å². The largest absolute Gasteiger partial charge is 0.330 e. The molecule has 14 heavy (non-hydrogen) atoms. The lowest BCUT2D eigenvalue weighted by atomic mass is 9.76. The summed E-state index contributed by atoms with van der Waals surface area (Å²) in [6, 6.07) is 0. The third kappa shape index (κ3) is 2.32. The van der Waals surface area contributed by atoms with Crippen molar-refractivity contribution in [3.8, 4) is 0 Å². The quantitative estimate of drug-likeness (QED) is 0.781. The fourth-order valence-electron chi connectivity index (χ4n) is 1.40. The fourth-order valence-corrected chi connectivity index (χ4v) is 1.40. The van der Waals surface area contributed by atoms with Crippen molar-refractivity contribution in [3.05, 3.63) is 11.9 Å². The van der Waals surface area contributed by atoms with E-state index in [9.17, 15) is 0 Å². The van der Waals surface area contributed by atoms with Gasteiger partial charge >= 0.3 is 0 Å². The highest BCUT2D eigenvalue weighted by molar-refractivity contribution is 4.98. The molecule has 0 spiro atoms. The molecule has 1 aromatic heterocycles. The van der Waals surface area contributed by atoms with Crippen LogP contribution in [-0.4, -0.2) is 21.5 Å². The van der Waals surface area contributed by atoms with E-state index >= 15 is 0 Å². The lowest BCUT2D eigenvalue weighted by molar-refractivity contribution is 0.225. The van der Waals surface area contributed by atoms with Gasteiger partial charge in [-0.3, -0.25) is 4.68 Å². The summed E-state index contributed by atoms with van der Waals surface area (Å²) in [5.41, 5.74) is 6.95. The summed E-state index contributed by atoms with van der Waals surface area (Å²) >= 11 is 0. The molecule has 0 aliphatic heterocycles. The highest BCUT2D eigenvalue weighted by atomic mass is 15.4. The third-order valence-electron chi connectivity index (χ3n) is 3.10. The Morgan fingerprint density at radius 1 is 1.57 bits per heavy atom. The molecule has 0 radical (unpaired) electrons. The maximum absolute atomic E-state index is 5.81. The predicted octanol–water partition coefficient (Wildman–Crippen LogP) is 0.979. The van der Waals surface area contributed by atoms with Crippen molar-refractivity contribution in [2.24, 2.45) is 24.1 Å². The van der Waals surface area contributed by atoms with Crippen LogP contribution in [0.2, 0.25) is 0 Å². The van der Waals surface area contributed by atoms with E-state index in [1.54, 1.807) is 4.68 Å². The van der Waals surface area contributed by atoms with Gasteiger partial charge in [-0.25, -0.2) is 0 Å². The fraction of sp³-hybridized carbons (Fsp3) is 0.800. The van der Waals surface area contributed by atoms with Gasteiger partial charge in [-0.15, -0.1) is 5.10 Å². The SMILES string of the molecule is CC(C)C(C)(CN)Cc1cn(C)nn1. The average molecular weight is 196 g/mol. The minimum absolute atomic E-state index is 0.121. The molecule has 1 atom stereocenters. The minimum Gasteiger partial charge on any atom is -0.330 e. The molecule has 1 aromatic rings. The Bertz CT molecular complexity index is 292. The summed E-state index contributed by atoms with van der Waals surface area (Å²) < 4.78 is 1.73. The summed E-state index contributed by atoms with van der Waals surface area (Å²) in [6.07, 6.45) is 2.85. The molecule has 0 fully saturated rings. The number of aromatic nitrogens is 3. The summed E-state index contributed by atoms with van der Waals surface area (Å²) in [7, 11) is 1.88. The lowest BCUT2D eigenvalue weighted by Crippen LogP contribution is -2.34. The molecule has 1 heterocycles. The van der Waals surface area contributed by atoms with Gasteiger partial charge in [0.15, 0.2) is 0 Å². The summed E-state index contributed by atoms with van der Waals surface area (Å²) in [4.78, 5) is 0. The van der Waals surface area contributed by atoms with E-state index in [4.69, 9.17) is 5.73 Å². The van der Waals surface area contributed by atoms with Gasteiger partial charge in [-0.05, 0) is 24.3 Å². The minimum atomic E-state index is 0.121. The van der Waals surface area contributed by atoms with Crippen LogP contribution in [0.15, 0.2) is 6.20 Å². The van der Waals surface area contributed by atoms with Crippen LogP contribution in [0.4, 0.5) is 0 Å². The second-order valence-electron chi connectivity index (χ2n) is 4.57. The molecule has 0 aliphatic rings. The molecule has 0 bridgehead atoms. The number of nitrogens with two attached hydrogens (primary N) is 1. The van der Waals surface area contributed by atoms with Crippen LogP contribution < -0.4 is 5.73 Å². The second-order valence-corrected chi connectivity index (χ2v) is 4.57. The van der Waals surface area contributed by atoms with Gasteiger partial charge in [0, 0.05) is 13.2 Å². The first-order chi connectivity index (χ1) is 6.48. The third-order valence-corrected chi connectivity index (χ3v) is 3.10. The molecular formula is C10H20N4. The van der Waals surface area contributed by atoms with Crippen molar-refractivity contribution in [1.82, 2.24) is 15.0 Å². The summed E-state index contributed by atoms with van der Waals surface area (Å²) in [6.45, 7) is 7.28. The van der Waals surface area contributed by atoms with Gasteiger partial charge in [-0.2, -0.15) is 0 Å². The number of aryl methyl sites for hydroxylation is 1. The van der Waals surface area contributed by atoms with Crippen LogP contribution in [0.1, 0.15) is 26.5 Å². The molecule has 0 aliphatic carbocycles. The van der Waals surface area contributed by atoms with Crippen molar-refractivity contribution >= 4 is 0 Å². The van der Waals surface area contributed by atoms with E-state index in [2.05, 4.69) is 31.1 Å². The zero-order chi connectivity index (χ0) is 10.8. The van der Waals surface area contributed by atoms with Gasteiger partial charge < -0.3 is 5.73 Å². The van der Waals surface area contributed by atoms with Gasteiger partial charge in [-0.1, -0.05) is 26.0 Å². The Morgan fingerprint density at radius 2 is 2.21 bits per heavy atom. The number of hydrogen-bond donors (Lipinski definition) is 1. The molecular weight excluding hydrogens is 176 g/mol. The van der Waals surface area contributed by atoms with Crippen LogP contribution in [0.5, 0.6) is 0 Å². The maximum Gasteiger partial charge on any atom is 0.0833 e. The van der Waals surface area contributed by atoms with E-state index in [-0.39, 0.29) is 5.41 Å². The number of rotatable bonds is 4. The monoisotopic (exact) mass is 196 g/mol. The molecule has 1 unspecified atom stereocenters. The molecule has 0 saturated heterocycles. The van der Waals surface area contributed by atoms with Crippen LogP contribution >= 0.6 is 0 Å². The van der Waals surface area contributed by atoms with Gasteiger partial charge in [0.1, 0.15) is 0 Å². The smallest absolute Gasteiger partial charge is 0.0833 e. The Balaban J connectivity index is 2.75. The Hall–Kier alpha value is -0.900. The molecule has 0 amide bonds. The topological polar surface area (TPSA) is 56.7 Å². The first kappa shape index (κ1) is 11.2. The second kappa shape index (κ2) is 4.09. The first-order valence-electron chi connectivity index (χ1n) is 5.03. The predicted molar refractivity (Wildman–Crippen MR) is 56.7 cm³/mol. The van der Waals surface area contributed by atoms with Crippen LogP contribution in [0.25, 0.3) is 0 Å². The lowest BCUT2D eigenvalue weighted by Gasteiger charge is -2.31. The molecule has 4 nitrogen and oxygen atoms in total. The van der Waals surface area contributed by atoms with Crippen molar-refractivity contribution in [2.75, 3.05) is 6.54 Å². The highest BCUT2D eigenvalue weighted by Crippen LogP contribution is 2.29. The molecule has 0 saturated carbocycles. The normalized spacial score (nSPS) is 15.9. The molecule has 80 valence electrons. The number of nitrogens with zero attached hydrogens (tertiary/aromatic N) is 3. The summed E-state index contributed by atoms with van der Waals surface area (Å²) in [5.74, 6) is 0.550. The Kier molecular flexibility index (Phi) is 3.26. The van der Waals surface area contributed by atoms with Crippen molar-refractivity contribution in [1.29, 1.82) is 0 Å². The average Bonchev–Trinajstić information content (AvgIpc) is 2.50. The highest BCUT2D eigenvalue weighted by Gasteiger charge is 2.28. The zero-order valence-corrected chi connectivity index (χ0v) is 9.49. The van der Waals surface area contributed by atoms with E-state index in [1.807, 2.05) is 13.2 Å². The molecule has 2 N–H and O–H groups in total. The first-order valence-corrected chi connectivity index (χ1v) is 5.03. The summed E-state index contributed by atoms with van der Waals surface area (Å²) in [5, 5.41) is 8.01. The van der Waals surface area contributed by atoms with E-state index in [1.165, 1.54) is 0 Å². The van der Waals surface area contributed by atoms with Gasteiger partial charge in [0.25, 0.3) is 0 Å². The van der Waals surface area contributed by atoms with E-state index in [0.717, 1.165) is 12.1 Å². The van der Waals surface area contributed by atoms with Crippen molar-refractivity contribution < 1.29 is 0 Å². The maximum atomic E-state index is 5.81. The van der Waals surface area contributed by atoms with Crippen LogP contribution in [0.3, 0.4) is 0 Å². The zero-order valence-electron chi connectivity index (χ0n) is 9.49. The molecule has 1 rings (SSSR count). The molecule has 4 heteroatoms. The van der Waals surface area contributed by atoms with E-state index in [0.29, 0.717) is 12.5 Å². The van der Waals surface area contributed by atoms with E-state index < -0.39 is 0 Å². The van der Waals surface area contributed by atoms with Gasteiger partial charge in [0.2, 0.25) is 0 Å². The molecule has 0 aromatic carbocycles.